The molecule has 0 atom stereocenters. The Morgan fingerprint density at radius 3 is 2.78 bits per heavy atom. The van der Waals surface area contributed by atoms with Crippen molar-refractivity contribution in [1.82, 2.24) is 10.2 Å². The third kappa shape index (κ3) is 4.28. The summed E-state index contributed by atoms with van der Waals surface area (Å²) in [6.45, 7) is 5.45. The average molecular weight is 336 g/mol. The van der Waals surface area contributed by atoms with Crippen molar-refractivity contribution in [2.75, 3.05) is 11.1 Å². The minimum absolute atomic E-state index is 0.0334. The van der Waals surface area contributed by atoms with Crippen molar-refractivity contribution >= 4 is 29.0 Å². The summed E-state index contributed by atoms with van der Waals surface area (Å²) in [5.74, 6) is 0.408. The van der Waals surface area contributed by atoms with E-state index in [1.165, 1.54) is 12.1 Å². The molecule has 23 heavy (non-hydrogen) atoms. The van der Waals surface area contributed by atoms with Crippen LogP contribution in [0.25, 0.3) is 0 Å². The molecule has 0 fully saturated rings. The highest BCUT2D eigenvalue weighted by Crippen LogP contribution is 2.25. The van der Waals surface area contributed by atoms with Crippen LogP contribution in [0.15, 0.2) is 27.8 Å². The minimum atomic E-state index is -0.481. The molecule has 1 aromatic heterocycles. The summed E-state index contributed by atoms with van der Waals surface area (Å²) in [6, 6.07) is 4.54. The lowest BCUT2D eigenvalue weighted by molar-refractivity contribution is -0.385. The maximum absolute atomic E-state index is 12.0. The van der Waals surface area contributed by atoms with Crippen LogP contribution >= 0.6 is 11.8 Å². The minimum Gasteiger partial charge on any atom is -0.416 e. The van der Waals surface area contributed by atoms with Gasteiger partial charge in [0, 0.05) is 12.0 Å². The number of hydrogen-bond donors (Lipinski definition) is 1. The molecule has 9 heteroatoms. The van der Waals surface area contributed by atoms with E-state index in [0.717, 1.165) is 11.8 Å². The molecule has 0 radical (unpaired) electrons. The number of amides is 1. The van der Waals surface area contributed by atoms with Crippen LogP contribution in [-0.4, -0.2) is 26.8 Å². The molecule has 122 valence electrons. The first kappa shape index (κ1) is 16.9. The molecule has 0 aliphatic carbocycles. The second-order valence-corrected chi connectivity index (χ2v) is 6.03. The summed E-state index contributed by atoms with van der Waals surface area (Å²) in [6.07, 6.45) is 0. The Morgan fingerprint density at radius 2 is 2.17 bits per heavy atom. The number of anilines is 1. The summed E-state index contributed by atoms with van der Waals surface area (Å²) in [4.78, 5) is 22.4. The van der Waals surface area contributed by atoms with Crippen LogP contribution in [-0.2, 0) is 4.79 Å². The van der Waals surface area contributed by atoms with Gasteiger partial charge in [-0.3, -0.25) is 14.9 Å². The molecule has 2 rings (SSSR count). The lowest BCUT2D eigenvalue weighted by Gasteiger charge is -2.07. The number of nitro benzene ring substituents is 1. The summed E-state index contributed by atoms with van der Waals surface area (Å²) in [5, 5.41) is 21.6. The molecule has 0 unspecified atom stereocenters. The van der Waals surface area contributed by atoms with Crippen molar-refractivity contribution in [2.45, 2.75) is 31.9 Å². The van der Waals surface area contributed by atoms with Gasteiger partial charge in [0.1, 0.15) is 0 Å². The van der Waals surface area contributed by atoms with Gasteiger partial charge in [0.05, 0.1) is 21.9 Å². The number of hydrogen-bond acceptors (Lipinski definition) is 7. The number of aromatic nitrogens is 2. The first-order valence-corrected chi connectivity index (χ1v) is 7.87. The van der Waals surface area contributed by atoms with Crippen molar-refractivity contribution in [2.24, 2.45) is 0 Å². The van der Waals surface area contributed by atoms with Crippen LogP contribution in [0.4, 0.5) is 11.4 Å². The third-order valence-corrected chi connectivity index (χ3v) is 3.84. The number of nitrogens with zero attached hydrogens (tertiary/aromatic N) is 3. The fraction of sp³-hybridized carbons (Fsp3) is 0.357. The Kier molecular flexibility index (Phi) is 5.32. The van der Waals surface area contributed by atoms with E-state index < -0.39 is 4.92 Å². The molecular weight excluding hydrogens is 320 g/mol. The average Bonchev–Trinajstić information content (AvgIpc) is 2.96. The van der Waals surface area contributed by atoms with E-state index in [1.54, 1.807) is 13.0 Å². The van der Waals surface area contributed by atoms with Gasteiger partial charge >= 0.3 is 0 Å². The number of nitro groups is 1. The summed E-state index contributed by atoms with van der Waals surface area (Å²) >= 11 is 1.12. The Bertz CT molecular complexity index is 729. The van der Waals surface area contributed by atoms with Crippen LogP contribution in [0.3, 0.4) is 0 Å². The Balaban J connectivity index is 1.97. The molecule has 0 saturated carbocycles. The summed E-state index contributed by atoms with van der Waals surface area (Å²) in [7, 11) is 0. The number of carbonyl (C=O) groups excluding carboxylic acids is 1. The Labute approximate surface area is 136 Å². The van der Waals surface area contributed by atoms with E-state index in [1.807, 2.05) is 13.8 Å². The van der Waals surface area contributed by atoms with Gasteiger partial charge < -0.3 is 9.73 Å². The molecule has 0 saturated heterocycles. The number of nitrogens with one attached hydrogen (secondary N) is 1. The van der Waals surface area contributed by atoms with Crippen LogP contribution in [0.2, 0.25) is 0 Å². The molecule has 0 aliphatic rings. The third-order valence-electron chi connectivity index (χ3n) is 3.02. The maximum Gasteiger partial charge on any atom is 0.277 e. The van der Waals surface area contributed by atoms with Gasteiger partial charge in [-0.15, -0.1) is 10.2 Å². The highest BCUT2D eigenvalue weighted by atomic mass is 32.2. The molecular formula is C14H16N4O4S. The SMILES string of the molecule is Cc1c(NC(=O)CSc2nnc(C(C)C)o2)cccc1[N+](=O)[O-]. The van der Waals surface area contributed by atoms with E-state index in [9.17, 15) is 14.9 Å². The maximum atomic E-state index is 12.0. The number of rotatable bonds is 6. The molecule has 1 heterocycles. The van der Waals surface area contributed by atoms with Crippen LogP contribution in [0, 0.1) is 17.0 Å². The van der Waals surface area contributed by atoms with E-state index in [4.69, 9.17) is 4.42 Å². The van der Waals surface area contributed by atoms with Crippen molar-refractivity contribution in [1.29, 1.82) is 0 Å². The van der Waals surface area contributed by atoms with Crippen LogP contribution in [0.1, 0.15) is 31.2 Å². The molecule has 2 aromatic rings. The van der Waals surface area contributed by atoms with Gasteiger partial charge in [-0.25, -0.2) is 0 Å². The van der Waals surface area contributed by atoms with Gasteiger partial charge in [-0.05, 0) is 13.0 Å². The fourth-order valence-corrected chi connectivity index (χ4v) is 2.35. The number of benzene rings is 1. The molecule has 8 nitrogen and oxygen atoms in total. The predicted molar refractivity (Wildman–Crippen MR) is 85.6 cm³/mol. The van der Waals surface area contributed by atoms with Gasteiger partial charge in [0.15, 0.2) is 0 Å². The highest BCUT2D eigenvalue weighted by Gasteiger charge is 2.16. The lowest BCUT2D eigenvalue weighted by Crippen LogP contribution is -2.15. The Morgan fingerprint density at radius 1 is 1.43 bits per heavy atom. The molecule has 0 aliphatic heterocycles. The van der Waals surface area contributed by atoms with E-state index in [0.29, 0.717) is 22.4 Å². The second kappa shape index (κ2) is 7.23. The zero-order valence-electron chi connectivity index (χ0n) is 12.9. The van der Waals surface area contributed by atoms with E-state index >= 15 is 0 Å². The fourth-order valence-electron chi connectivity index (χ4n) is 1.78. The lowest BCUT2D eigenvalue weighted by atomic mass is 10.1. The quantitative estimate of drug-likeness (QED) is 0.490. The summed E-state index contributed by atoms with van der Waals surface area (Å²) in [5.41, 5.74) is 0.794. The second-order valence-electron chi connectivity index (χ2n) is 5.10. The van der Waals surface area contributed by atoms with Crippen molar-refractivity contribution in [3.63, 3.8) is 0 Å². The van der Waals surface area contributed by atoms with Crippen LogP contribution < -0.4 is 5.32 Å². The number of carbonyl (C=O) groups is 1. The van der Waals surface area contributed by atoms with E-state index in [-0.39, 0.29) is 23.3 Å². The first-order valence-electron chi connectivity index (χ1n) is 6.88. The largest absolute Gasteiger partial charge is 0.416 e. The first-order chi connectivity index (χ1) is 10.9. The van der Waals surface area contributed by atoms with Crippen molar-refractivity contribution in [3.05, 3.63) is 39.8 Å². The normalized spacial score (nSPS) is 10.8. The standard InChI is InChI=1S/C14H16N4O4S/c1-8(2)13-16-17-14(22-13)23-7-12(19)15-10-5-4-6-11(9(10)3)18(20)21/h4-6,8H,7H2,1-3H3,(H,15,19). The monoisotopic (exact) mass is 336 g/mol. The predicted octanol–water partition coefficient (Wildman–Crippen LogP) is 3.14. The highest BCUT2D eigenvalue weighted by molar-refractivity contribution is 7.99. The van der Waals surface area contributed by atoms with Crippen molar-refractivity contribution in [3.8, 4) is 0 Å². The van der Waals surface area contributed by atoms with Gasteiger partial charge in [0.2, 0.25) is 11.8 Å². The van der Waals surface area contributed by atoms with Crippen LogP contribution in [0.5, 0.6) is 0 Å². The zero-order chi connectivity index (χ0) is 17.0. The smallest absolute Gasteiger partial charge is 0.277 e. The van der Waals surface area contributed by atoms with Gasteiger partial charge in [-0.1, -0.05) is 31.7 Å². The molecule has 1 amide bonds. The number of thioether (sulfide) groups is 1. The van der Waals surface area contributed by atoms with Gasteiger partial charge in [0.25, 0.3) is 10.9 Å². The molecule has 0 bridgehead atoms. The topological polar surface area (TPSA) is 111 Å². The molecule has 1 N–H and O–H groups in total. The van der Waals surface area contributed by atoms with Gasteiger partial charge in [-0.2, -0.15) is 0 Å². The zero-order valence-corrected chi connectivity index (χ0v) is 13.7. The van der Waals surface area contributed by atoms with E-state index in [2.05, 4.69) is 15.5 Å². The Hall–Kier alpha value is -2.42. The molecule has 0 spiro atoms. The summed E-state index contributed by atoms with van der Waals surface area (Å²) < 4.78 is 5.39. The van der Waals surface area contributed by atoms with Crippen molar-refractivity contribution < 1.29 is 14.1 Å². The molecule has 1 aromatic carbocycles.